The fourth-order valence-electron chi connectivity index (χ4n) is 9.11. The molecule has 61 heavy (non-hydrogen) atoms. The van der Waals surface area contributed by atoms with Crippen molar-refractivity contribution in [3.05, 3.63) is 224 Å². The van der Waals surface area contributed by atoms with Gasteiger partial charge in [-0.2, -0.15) is 0 Å². The Balaban J connectivity index is 0.991. The van der Waals surface area contributed by atoms with Gasteiger partial charge in [0.15, 0.2) is 5.58 Å². The van der Waals surface area contributed by atoms with Gasteiger partial charge in [0.25, 0.3) is 0 Å². The quantitative estimate of drug-likeness (QED) is 0.162. The second-order valence-corrected chi connectivity index (χ2v) is 15.6. The number of hydrogen-bond acceptors (Lipinski definition) is 3. The lowest BCUT2D eigenvalue weighted by Gasteiger charge is -2.26. The van der Waals surface area contributed by atoms with Crippen LogP contribution in [-0.2, 0) is 0 Å². The van der Waals surface area contributed by atoms with Crippen molar-refractivity contribution in [2.75, 3.05) is 4.90 Å². The molecule has 0 saturated carbocycles. The topological polar surface area (TPSA) is 34.2 Å². The van der Waals surface area contributed by atoms with Crippen LogP contribution in [0.4, 0.5) is 17.1 Å². The molecule has 0 unspecified atom stereocenters. The molecule has 0 N–H and O–H groups in total. The smallest absolute Gasteiger partial charge is 0.227 e. The molecular weight excluding hydrogens is 743 g/mol. The molecule has 4 nitrogen and oxygen atoms in total. The van der Waals surface area contributed by atoms with Gasteiger partial charge < -0.3 is 13.9 Å². The van der Waals surface area contributed by atoms with Crippen LogP contribution in [-0.4, -0.2) is 9.55 Å². The van der Waals surface area contributed by atoms with E-state index in [-0.39, 0.29) is 0 Å². The maximum absolute atomic E-state index is 6.10. The second kappa shape index (κ2) is 14.3. The van der Waals surface area contributed by atoms with Gasteiger partial charge in [-0.3, -0.25) is 0 Å². The number of para-hydroxylation sites is 3. The normalized spacial score (nSPS) is 11.6. The average Bonchev–Trinajstić information content (AvgIpc) is 3.91. The van der Waals surface area contributed by atoms with E-state index in [0.29, 0.717) is 5.89 Å². The number of rotatable bonds is 7. The summed E-state index contributed by atoms with van der Waals surface area (Å²) in [6.07, 6.45) is 0. The monoisotopic (exact) mass is 779 g/mol. The summed E-state index contributed by atoms with van der Waals surface area (Å²) in [7, 11) is 0. The second-order valence-electron chi connectivity index (χ2n) is 15.6. The van der Waals surface area contributed by atoms with Gasteiger partial charge in [0.05, 0.1) is 11.0 Å². The minimum absolute atomic E-state index is 0.614. The highest BCUT2D eigenvalue weighted by atomic mass is 16.3. The number of benzene rings is 10. The van der Waals surface area contributed by atoms with Crippen LogP contribution in [0.15, 0.2) is 229 Å². The molecule has 0 bridgehead atoms. The summed E-state index contributed by atoms with van der Waals surface area (Å²) in [4.78, 5) is 7.02. The first-order chi connectivity index (χ1) is 30.2. The lowest BCUT2D eigenvalue weighted by molar-refractivity contribution is 0.620. The van der Waals surface area contributed by atoms with E-state index in [4.69, 9.17) is 9.40 Å². The van der Waals surface area contributed by atoms with E-state index in [2.05, 4.69) is 210 Å². The zero-order chi connectivity index (χ0) is 40.3. The van der Waals surface area contributed by atoms with Crippen molar-refractivity contribution < 1.29 is 4.42 Å². The lowest BCUT2D eigenvalue weighted by Crippen LogP contribution is -2.10. The summed E-state index contributed by atoms with van der Waals surface area (Å²) in [5, 5.41) is 7.43. The van der Waals surface area contributed by atoms with E-state index < -0.39 is 0 Å². The lowest BCUT2D eigenvalue weighted by atomic mass is 9.95. The Morgan fingerprint density at radius 2 is 0.869 bits per heavy atom. The van der Waals surface area contributed by atoms with Crippen LogP contribution in [0, 0.1) is 0 Å². The fraction of sp³-hybridized carbons (Fsp3) is 0. The molecule has 12 rings (SSSR count). The van der Waals surface area contributed by atoms with Crippen molar-refractivity contribution >= 4 is 71.5 Å². The summed E-state index contributed by atoms with van der Waals surface area (Å²) in [5.74, 6) is 0.614. The van der Waals surface area contributed by atoms with Crippen LogP contribution in [0.5, 0.6) is 0 Å². The molecule has 12 aromatic rings. The zero-order valence-corrected chi connectivity index (χ0v) is 33.1. The SMILES string of the molecule is c1ccc(N(c2ccc(-c3nc4ccccc4o3)cc2)c2ccc(-n3c4ccc(-c5cccc6ccccc56)cc4c4cc(-c5cccc6ccccc56)ccc43)cc2)cc1. The van der Waals surface area contributed by atoms with Crippen molar-refractivity contribution in [2.45, 2.75) is 0 Å². The molecule has 4 heteroatoms. The molecule has 0 radical (unpaired) electrons. The van der Waals surface area contributed by atoms with Crippen molar-refractivity contribution in [3.8, 4) is 39.4 Å². The van der Waals surface area contributed by atoms with E-state index >= 15 is 0 Å². The number of anilines is 3. The summed E-state index contributed by atoms with van der Waals surface area (Å²) in [5.41, 5.74) is 14.0. The van der Waals surface area contributed by atoms with Crippen LogP contribution in [0.3, 0.4) is 0 Å². The van der Waals surface area contributed by atoms with Gasteiger partial charge in [-0.05, 0) is 141 Å². The highest BCUT2D eigenvalue weighted by molar-refractivity contribution is 6.13. The fourth-order valence-corrected chi connectivity index (χ4v) is 9.11. The Kier molecular flexibility index (Phi) is 8.13. The molecule has 2 aromatic heterocycles. The molecule has 0 spiro atoms. The van der Waals surface area contributed by atoms with Gasteiger partial charge in [0, 0.05) is 39.1 Å². The molecule has 0 fully saturated rings. The molecule has 0 aliphatic rings. The summed E-state index contributed by atoms with van der Waals surface area (Å²) >= 11 is 0. The number of aromatic nitrogens is 2. The number of nitrogens with zero attached hydrogens (tertiary/aromatic N) is 3. The molecule has 286 valence electrons. The summed E-state index contributed by atoms with van der Waals surface area (Å²) in [6, 6.07) is 80.2. The van der Waals surface area contributed by atoms with Crippen molar-refractivity contribution in [1.29, 1.82) is 0 Å². The van der Waals surface area contributed by atoms with Gasteiger partial charge in [-0.25, -0.2) is 4.98 Å². The van der Waals surface area contributed by atoms with E-state index in [1.54, 1.807) is 0 Å². The largest absolute Gasteiger partial charge is 0.436 e. The van der Waals surface area contributed by atoms with Gasteiger partial charge in [-0.1, -0.05) is 127 Å². The molecule has 0 aliphatic carbocycles. The van der Waals surface area contributed by atoms with Gasteiger partial charge in [0.2, 0.25) is 5.89 Å². The van der Waals surface area contributed by atoms with Crippen LogP contribution in [0.1, 0.15) is 0 Å². The number of hydrogen-bond donors (Lipinski definition) is 0. The predicted octanol–water partition coefficient (Wildman–Crippen LogP) is 15.7. The van der Waals surface area contributed by atoms with Crippen molar-refractivity contribution in [3.63, 3.8) is 0 Å². The van der Waals surface area contributed by atoms with Crippen molar-refractivity contribution in [1.82, 2.24) is 9.55 Å². The van der Waals surface area contributed by atoms with E-state index in [1.165, 1.54) is 54.6 Å². The average molecular weight is 780 g/mol. The highest BCUT2D eigenvalue weighted by Gasteiger charge is 2.18. The molecule has 10 aromatic carbocycles. The first-order valence-electron chi connectivity index (χ1n) is 20.7. The molecule has 0 atom stereocenters. The minimum Gasteiger partial charge on any atom is -0.436 e. The minimum atomic E-state index is 0.614. The van der Waals surface area contributed by atoms with Crippen molar-refractivity contribution in [2.24, 2.45) is 0 Å². The first kappa shape index (κ1) is 34.8. The highest BCUT2D eigenvalue weighted by Crippen LogP contribution is 2.41. The van der Waals surface area contributed by atoms with Gasteiger partial charge in [0.1, 0.15) is 5.52 Å². The van der Waals surface area contributed by atoms with E-state index in [1.807, 2.05) is 24.3 Å². The zero-order valence-electron chi connectivity index (χ0n) is 33.1. The Morgan fingerprint density at radius 1 is 0.377 bits per heavy atom. The summed E-state index contributed by atoms with van der Waals surface area (Å²) < 4.78 is 8.51. The third kappa shape index (κ3) is 5.96. The summed E-state index contributed by atoms with van der Waals surface area (Å²) in [6.45, 7) is 0. The maximum atomic E-state index is 6.10. The Morgan fingerprint density at radius 3 is 1.48 bits per heavy atom. The Labute approximate surface area is 352 Å². The van der Waals surface area contributed by atoms with Crippen LogP contribution in [0.25, 0.3) is 93.8 Å². The molecule has 2 heterocycles. The Hall–Kier alpha value is -8.21. The van der Waals surface area contributed by atoms with Gasteiger partial charge >= 0.3 is 0 Å². The van der Waals surface area contributed by atoms with Crippen LogP contribution < -0.4 is 4.90 Å². The number of oxazole rings is 1. The van der Waals surface area contributed by atoms with Crippen LogP contribution in [0.2, 0.25) is 0 Å². The Bertz CT molecular complexity index is 3400. The molecule has 0 amide bonds. The first-order valence-corrected chi connectivity index (χ1v) is 20.7. The van der Waals surface area contributed by atoms with Gasteiger partial charge in [-0.15, -0.1) is 0 Å². The maximum Gasteiger partial charge on any atom is 0.227 e. The third-order valence-electron chi connectivity index (χ3n) is 12.0. The third-order valence-corrected chi connectivity index (χ3v) is 12.0. The molecular formula is C57H37N3O. The molecule has 0 aliphatic heterocycles. The molecule has 0 saturated heterocycles. The van der Waals surface area contributed by atoms with Crippen LogP contribution >= 0.6 is 0 Å². The number of fused-ring (bicyclic) bond motifs is 6. The van der Waals surface area contributed by atoms with E-state index in [9.17, 15) is 0 Å². The van der Waals surface area contributed by atoms with E-state index in [0.717, 1.165) is 50.4 Å². The predicted molar refractivity (Wildman–Crippen MR) is 254 cm³/mol. The standard InChI is InChI=1S/C57H37N3O/c1-2-16-43(17-3-1)59(44-28-24-40(25-29-44)57-58-53-22-8-9-23-56(53)61-57)45-30-32-46(33-31-45)60-54-34-26-41(49-20-10-14-38-12-4-6-18-47(38)49)36-51(54)52-37-42(27-35-55(52)60)50-21-11-15-39-13-5-7-19-48(39)50/h1-37H.